The van der Waals surface area contributed by atoms with Crippen LogP contribution in [0.4, 0.5) is 0 Å². The van der Waals surface area contributed by atoms with Crippen molar-refractivity contribution in [3.63, 3.8) is 0 Å². The smallest absolute Gasteiger partial charge is 0.228 e. The molecule has 2 heteroatoms. The van der Waals surface area contributed by atoms with Gasteiger partial charge < -0.3 is 0 Å². The summed E-state index contributed by atoms with van der Waals surface area (Å²) in [6, 6.07) is 11.4. The molecule has 0 saturated carbocycles. The number of aromatic nitrogens is 2. The summed E-state index contributed by atoms with van der Waals surface area (Å²) in [4.78, 5) is 0. The number of para-hydroxylation sites is 1. The molecule has 124 valence electrons. The standard InChI is InChI=1S/C21H31N2/c1-20(2,3)14-17-12-13-18-15-22(16-10-8-7-9-11-16)19(23(17)18)21(4,5)6/h7-11,15,17H,12-14H2,1-6H3/q+1/t17-/m1/s1. The van der Waals surface area contributed by atoms with E-state index in [1.165, 1.54) is 36.5 Å². The van der Waals surface area contributed by atoms with E-state index in [-0.39, 0.29) is 5.41 Å². The minimum Gasteiger partial charge on any atom is -0.228 e. The summed E-state index contributed by atoms with van der Waals surface area (Å²) in [7, 11) is 0. The highest BCUT2D eigenvalue weighted by molar-refractivity contribution is 5.24. The van der Waals surface area contributed by atoms with Crippen molar-refractivity contribution in [1.29, 1.82) is 0 Å². The van der Waals surface area contributed by atoms with E-state index in [0.29, 0.717) is 11.5 Å². The third-order valence-corrected chi connectivity index (χ3v) is 4.70. The number of aryl methyl sites for hydroxylation is 1. The average Bonchev–Trinajstić information content (AvgIpc) is 2.97. The summed E-state index contributed by atoms with van der Waals surface area (Å²) in [5.41, 5.74) is 3.25. The van der Waals surface area contributed by atoms with Gasteiger partial charge in [-0.3, -0.25) is 0 Å². The van der Waals surface area contributed by atoms with Crippen molar-refractivity contribution in [2.45, 2.75) is 72.3 Å². The zero-order valence-electron chi connectivity index (χ0n) is 15.6. The molecule has 1 aliphatic heterocycles. The first-order chi connectivity index (χ1) is 10.7. The summed E-state index contributed by atoms with van der Waals surface area (Å²) < 4.78 is 5.07. The molecule has 0 bridgehead atoms. The molecule has 2 aromatic rings. The molecule has 2 nitrogen and oxygen atoms in total. The first-order valence-corrected chi connectivity index (χ1v) is 8.88. The Kier molecular flexibility index (Phi) is 3.90. The lowest BCUT2D eigenvalue weighted by Crippen LogP contribution is -2.41. The Morgan fingerprint density at radius 1 is 1.04 bits per heavy atom. The maximum atomic E-state index is 2.65. The third-order valence-electron chi connectivity index (χ3n) is 4.70. The molecule has 0 saturated heterocycles. The largest absolute Gasteiger partial charge is 0.267 e. The van der Waals surface area contributed by atoms with E-state index in [4.69, 9.17) is 0 Å². The van der Waals surface area contributed by atoms with Crippen LogP contribution in [0.15, 0.2) is 36.5 Å². The molecule has 23 heavy (non-hydrogen) atoms. The number of hydrogen-bond donors (Lipinski definition) is 0. The molecule has 0 unspecified atom stereocenters. The second kappa shape index (κ2) is 5.51. The fourth-order valence-electron chi connectivity index (χ4n) is 3.97. The van der Waals surface area contributed by atoms with Gasteiger partial charge in [0.05, 0.1) is 5.41 Å². The van der Waals surface area contributed by atoms with E-state index < -0.39 is 0 Å². The minimum absolute atomic E-state index is 0.120. The van der Waals surface area contributed by atoms with Crippen LogP contribution in [0.1, 0.15) is 71.9 Å². The number of imidazole rings is 1. The van der Waals surface area contributed by atoms with E-state index in [1.807, 2.05) is 0 Å². The zero-order valence-corrected chi connectivity index (χ0v) is 15.6. The Morgan fingerprint density at radius 2 is 1.70 bits per heavy atom. The molecule has 0 spiro atoms. The second-order valence-corrected chi connectivity index (χ2v) is 9.23. The van der Waals surface area contributed by atoms with Gasteiger partial charge in [-0.1, -0.05) is 39.0 Å². The van der Waals surface area contributed by atoms with Crippen molar-refractivity contribution in [3.8, 4) is 5.69 Å². The van der Waals surface area contributed by atoms with E-state index in [0.717, 1.165) is 0 Å². The molecule has 0 amide bonds. The molecule has 0 N–H and O–H groups in total. The average molecular weight is 311 g/mol. The molecule has 1 aromatic heterocycles. The van der Waals surface area contributed by atoms with Crippen molar-refractivity contribution in [2.75, 3.05) is 0 Å². The Hall–Kier alpha value is -1.57. The lowest BCUT2D eigenvalue weighted by Gasteiger charge is -2.25. The molecule has 0 aliphatic carbocycles. The van der Waals surface area contributed by atoms with E-state index >= 15 is 0 Å². The van der Waals surface area contributed by atoms with Crippen LogP contribution < -0.4 is 4.57 Å². The first kappa shape index (κ1) is 16.3. The monoisotopic (exact) mass is 311 g/mol. The fourth-order valence-corrected chi connectivity index (χ4v) is 3.97. The molecular formula is C21H31N2+. The first-order valence-electron chi connectivity index (χ1n) is 8.88. The predicted octanol–water partition coefficient (Wildman–Crippen LogP) is 4.99. The Morgan fingerprint density at radius 3 is 2.26 bits per heavy atom. The molecule has 1 aliphatic rings. The van der Waals surface area contributed by atoms with Gasteiger partial charge in [0.2, 0.25) is 0 Å². The highest BCUT2D eigenvalue weighted by atomic mass is 15.2. The third kappa shape index (κ3) is 3.22. The van der Waals surface area contributed by atoms with Gasteiger partial charge in [0, 0.05) is 6.42 Å². The predicted molar refractivity (Wildman–Crippen MR) is 96.1 cm³/mol. The molecule has 1 aromatic carbocycles. The summed E-state index contributed by atoms with van der Waals surface area (Å²) in [5.74, 6) is 1.44. The van der Waals surface area contributed by atoms with Crippen LogP contribution in [0.2, 0.25) is 0 Å². The number of nitrogens with zero attached hydrogens (tertiary/aromatic N) is 2. The Bertz CT molecular complexity index is 681. The van der Waals surface area contributed by atoms with Gasteiger partial charge in [0.25, 0.3) is 5.82 Å². The highest BCUT2D eigenvalue weighted by Crippen LogP contribution is 2.39. The summed E-state index contributed by atoms with van der Waals surface area (Å²) in [6.45, 7) is 14.1. The van der Waals surface area contributed by atoms with Crippen LogP contribution in [0.5, 0.6) is 0 Å². The lowest BCUT2D eigenvalue weighted by molar-refractivity contribution is -0.608. The Labute approximate surface area is 141 Å². The van der Waals surface area contributed by atoms with Gasteiger partial charge in [0.15, 0.2) is 0 Å². The summed E-state index contributed by atoms with van der Waals surface area (Å²) in [5, 5.41) is 0. The van der Waals surface area contributed by atoms with Crippen LogP contribution in [0, 0.1) is 5.41 Å². The SMILES string of the molecule is CC(C)(C)C[C@H]1CCc2c[n+](-c3ccccc3)c(C(C)(C)C)n21. The van der Waals surface area contributed by atoms with Crippen LogP contribution in [0.3, 0.4) is 0 Å². The van der Waals surface area contributed by atoms with Crippen molar-refractivity contribution < 1.29 is 4.57 Å². The molecular weight excluding hydrogens is 280 g/mol. The van der Waals surface area contributed by atoms with Crippen LogP contribution >= 0.6 is 0 Å². The van der Waals surface area contributed by atoms with Gasteiger partial charge in [-0.05, 0) is 51.2 Å². The van der Waals surface area contributed by atoms with Crippen molar-refractivity contribution in [3.05, 3.63) is 48.0 Å². The number of rotatable bonds is 2. The minimum atomic E-state index is 0.120. The fraction of sp³-hybridized carbons (Fsp3) is 0.571. The van der Waals surface area contributed by atoms with Crippen molar-refractivity contribution in [2.24, 2.45) is 5.41 Å². The number of hydrogen-bond acceptors (Lipinski definition) is 0. The van der Waals surface area contributed by atoms with E-state index in [2.05, 4.69) is 87.2 Å². The summed E-state index contributed by atoms with van der Waals surface area (Å²) >= 11 is 0. The molecule has 0 radical (unpaired) electrons. The molecule has 0 fully saturated rings. The van der Waals surface area contributed by atoms with Crippen molar-refractivity contribution >= 4 is 0 Å². The van der Waals surface area contributed by atoms with E-state index in [1.54, 1.807) is 0 Å². The maximum absolute atomic E-state index is 2.65. The zero-order chi connectivity index (χ0) is 16.8. The van der Waals surface area contributed by atoms with Gasteiger partial charge in [-0.2, -0.15) is 4.57 Å². The van der Waals surface area contributed by atoms with Crippen LogP contribution in [0.25, 0.3) is 5.69 Å². The molecule has 3 rings (SSSR count). The lowest BCUT2D eigenvalue weighted by atomic mass is 9.86. The van der Waals surface area contributed by atoms with Gasteiger partial charge in [0.1, 0.15) is 23.6 Å². The Balaban J connectivity index is 2.14. The highest BCUT2D eigenvalue weighted by Gasteiger charge is 2.41. The summed E-state index contributed by atoms with van der Waals surface area (Å²) in [6.07, 6.45) is 6.10. The molecule has 1 atom stereocenters. The second-order valence-electron chi connectivity index (χ2n) is 9.23. The maximum Gasteiger partial charge on any atom is 0.267 e. The quantitative estimate of drug-likeness (QED) is 0.691. The van der Waals surface area contributed by atoms with E-state index in [9.17, 15) is 0 Å². The van der Waals surface area contributed by atoms with Crippen LogP contribution in [-0.2, 0) is 11.8 Å². The topological polar surface area (TPSA) is 8.81 Å². The normalized spacial score (nSPS) is 18.3. The van der Waals surface area contributed by atoms with Gasteiger partial charge >= 0.3 is 0 Å². The molecule has 2 heterocycles. The number of benzene rings is 1. The van der Waals surface area contributed by atoms with Crippen molar-refractivity contribution in [1.82, 2.24) is 4.57 Å². The van der Waals surface area contributed by atoms with Gasteiger partial charge in [-0.15, -0.1) is 0 Å². The van der Waals surface area contributed by atoms with Gasteiger partial charge in [-0.25, -0.2) is 4.57 Å². The number of fused-ring (bicyclic) bond motifs is 1. The van der Waals surface area contributed by atoms with Crippen LogP contribution in [-0.4, -0.2) is 4.57 Å².